The quantitative estimate of drug-likeness (QED) is 0.784. The van der Waals surface area contributed by atoms with Crippen LogP contribution in [0.2, 0.25) is 0 Å². The first kappa shape index (κ1) is 13.5. The minimum Gasteiger partial charge on any atom is -0.494 e. The minimum absolute atomic E-state index is 0.108. The number of benzene rings is 1. The van der Waals surface area contributed by atoms with E-state index in [2.05, 4.69) is 15.9 Å². The van der Waals surface area contributed by atoms with Crippen LogP contribution in [0.5, 0.6) is 5.75 Å². The SMILES string of the molecule is COCC(N)CCCOc1cccc(Br)c1. The molecule has 1 atom stereocenters. The fraction of sp³-hybridized carbons (Fsp3) is 0.500. The van der Waals surface area contributed by atoms with Gasteiger partial charge in [-0.3, -0.25) is 0 Å². The first-order valence-corrected chi connectivity index (χ1v) is 6.14. The third-order valence-electron chi connectivity index (χ3n) is 2.16. The van der Waals surface area contributed by atoms with Crippen LogP contribution in [0.15, 0.2) is 28.7 Å². The molecule has 0 amide bonds. The second-order valence-corrected chi connectivity index (χ2v) is 4.58. The van der Waals surface area contributed by atoms with Gasteiger partial charge >= 0.3 is 0 Å². The molecule has 3 nitrogen and oxygen atoms in total. The average molecular weight is 288 g/mol. The molecule has 4 heteroatoms. The van der Waals surface area contributed by atoms with E-state index in [-0.39, 0.29) is 6.04 Å². The monoisotopic (exact) mass is 287 g/mol. The van der Waals surface area contributed by atoms with Crippen molar-refractivity contribution < 1.29 is 9.47 Å². The predicted octanol–water partition coefficient (Wildman–Crippen LogP) is 2.58. The number of ether oxygens (including phenoxy) is 2. The van der Waals surface area contributed by atoms with E-state index in [4.69, 9.17) is 15.2 Å². The Morgan fingerprint density at radius 1 is 1.44 bits per heavy atom. The first-order valence-electron chi connectivity index (χ1n) is 5.35. The van der Waals surface area contributed by atoms with Crippen LogP contribution in [0.3, 0.4) is 0 Å². The largest absolute Gasteiger partial charge is 0.494 e. The highest BCUT2D eigenvalue weighted by molar-refractivity contribution is 9.10. The fourth-order valence-corrected chi connectivity index (χ4v) is 1.77. The summed E-state index contributed by atoms with van der Waals surface area (Å²) >= 11 is 3.40. The minimum atomic E-state index is 0.108. The second kappa shape index (κ2) is 7.65. The van der Waals surface area contributed by atoms with E-state index >= 15 is 0 Å². The summed E-state index contributed by atoms with van der Waals surface area (Å²) in [5.41, 5.74) is 5.80. The Labute approximate surface area is 105 Å². The molecule has 0 aliphatic heterocycles. The lowest BCUT2D eigenvalue weighted by Gasteiger charge is -2.10. The third kappa shape index (κ3) is 5.49. The predicted molar refractivity (Wildman–Crippen MR) is 68.7 cm³/mol. The van der Waals surface area contributed by atoms with Crippen molar-refractivity contribution in [3.8, 4) is 5.75 Å². The normalized spacial score (nSPS) is 12.4. The number of hydrogen-bond acceptors (Lipinski definition) is 3. The molecule has 1 aromatic rings. The molecule has 0 aliphatic carbocycles. The number of nitrogens with two attached hydrogens (primary N) is 1. The van der Waals surface area contributed by atoms with Crippen LogP contribution in [0, 0.1) is 0 Å². The molecule has 90 valence electrons. The Balaban J connectivity index is 2.16. The van der Waals surface area contributed by atoms with Crippen LogP contribution < -0.4 is 10.5 Å². The highest BCUT2D eigenvalue weighted by atomic mass is 79.9. The molecule has 1 unspecified atom stereocenters. The highest BCUT2D eigenvalue weighted by Crippen LogP contribution is 2.17. The van der Waals surface area contributed by atoms with E-state index in [1.54, 1.807) is 7.11 Å². The smallest absolute Gasteiger partial charge is 0.120 e. The second-order valence-electron chi connectivity index (χ2n) is 3.66. The Hall–Kier alpha value is -0.580. The molecular formula is C12H18BrNO2. The molecule has 0 fully saturated rings. The summed E-state index contributed by atoms with van der Waals surface area (Å²) in [7, 11) is 1.66. The van der Waals surface area contributed by atoms with Crippen LogP contribution in [-0.2, 0) is 4.74 Å². The molecule has 0 radical (unpaired) electrons. The van der Waals surface area contributed by atoms with Crippen molar-refractivity contribution in [1.29, 1.82) is 0 Å². The summed E-state index contributed by atoms with van der Waals surface area (Å²) in [6, 6.07) is 7.93. The number of hydrogen-bond donors (Lipinski definition) is 1. The molecule has 2 N–H and O–H groups in total. The topological polar surface area (TPSA) is 44.5 Å². The number of halogens is 1. The Morgan fingerprint density at radius 3 is 2.94 bits per heavy atom. The third-order valence-corrected chi connectivity index (χ3v) is 2.66. The maximum absolute atomic E-state index is 5.80. The van der Waals surface area contributed by atoms with E-state index in [9.17, 15) is 0 Å². The summed E-state index contributed by atoms with van der Waals surface area (Å²) in [5.74, 6) is 0.884. The van der Waals surface area contributed by atoms with Crippen molar-refractivity contribution in [2.75, 3.05) is 20.3 Å². The van der Waals surface area contributed by atoms with Gasteiger partial charge in [-0.15, -0.1) is 0 Å². The first-order chi connectivity index (χ1) is 7.72. The maximum atomic E-state index is 5.80. The van der Waals surface area contributed by atoms with Crippen LogP contribution in [-0.4, -0.2) is 26.4 Å². The van der Waals surface area contributed by atoms with Crippen molar-refractivity contribution in [2.24, 2.45) is 5.73 Å². The van der Waals surface area contributed by atoms with Gasteiger partial charge in [0.25, 0.3) is 0 Å². The van der Waals surface area contributed by atoms with Crippen molar-refractivity contribution in [3.05, 3.63) is 28.7 Å². The summed E-state index contributed by atoms with van der Waals surface area (Å²) < 4.78 is 11.6. The highest BCUT2D eigenvalue weighted by Gasteiger charge is 2.01. The molecule has 0 spiro atoms. The van der Waals surface area contributed by atoms with Gasteiger partial charge in [0.15, 0.2) is 0 Å². The summed E-state index contributed by atoms with van der Waals surface area (Å²) in [5, 5.41) is 0. The van der Waals surface area contributed by atoms with E-state index in [0.29, 0.717) is 13.2 Å². The van der Waals surface area contributed by atoms with Gasteiger partial charge < -0.3 is 15.2 Å². The van der Waals surface area contributed by atoms with Gasteiger partial charge in [0.05, 0.1) is 13.2 Å². The molecule has 0 aromatic heterocycles. The van der Waals surface area contributed by atoms with Gasteiger partial charge in [-0.05, 0) is 31.0 Å². The maximum Gasteiger partial charge on any atom is 0.120 e. The van der Waals surface area contributed by atoms with Gasteiger partial charge in [0.2, 0.25) is 0 Å². The molecule has 0 aliphatic rings. The zero-order valence-electron chi connectivity index (χ0n) is 9.49. The van der Waals surface area contributed by atoms with E-state index < -0.39 is 0 Å². The molecule has 0 bridgehead atoms. The van der Waals surface area contributed by atoms with Crippen molar-refractivity contribution in [1.82, 2.24) is 0 Å². The van der Waals surface area contributed by atoms with Gasteiger partial charge in [-0.2, -0.15) is 0 Å². The van der Waals surface area contributed by atoms with Crippen LogP contribution >= 0.6 is 15.9 Å². The summed E-state index contributed by atoms with van der Waals surface area (Å²) in [6.07, 6.45) is 1.86. The standard InChI is InChI=1S/C12H18BrNO2/c1-15-9-11(14)5-3-7-16-12-6-2-4-10(13)8-12/h2,4,6,8,11H,3,5,7,9,14H2,1H3. The lowest BCUT2D eigenvalue weighted by Crippen LogP contribution is -2.25. The van der Waals surface area contributed by atoms with Crippen LogP contribution in [0.4, 0.5) is 0 Å². The van der Waals surface area contributed by atoms with Crippen molar-refractivity contribution >= 4 is 15.9 Å². The fourth-order valence-electron chi connectivity index (χ4n) is 1.39. The Kier molecular flexibility index (Phi) is 6.45. The van der Waals surface area contributed by atoms with Crippen molar-refractivity contribution in [2.45, 2.75) is 18.9 Å². The Morgan fingerprint density at radius 2 is 2.25 bits per heavy atom. The lowest BCUT2D eigenvalue weighted by molar-refractivity contribution is 0.173. The zero-order chi connectivity index (χ0) is 11.8. The molecule has 0 saturated carbocycles. The summed E-state index contributed by atoms with van der Waals surface area (Å²) in [4.78, 5) is 0. The van der Waals surface area contributed by atoms with Gasteiger partial charge in [-0.1, -0.05) is 22.0 Å². The molecular weight excluding hydrogens is 270 g/mol. The van der Waals surface area contributed by atoms with Crippen molar-refractivity contribution in [3.63, 3.8) is 0 Å². The van der Waals surface area contributed by atoms with Gasteiger partial charge in [0, 0.05) is 17.6 Å². The molecule has 0 heterocycles. The van der Waals surface area contributed by atoms with E-state index in [1.807, 2.05) is 24.3 Å². The molecule has 0 saturated heterocycles. The van der Waals surface area contributed by atoms with E-state index in [1.165, 1.54) is 0 Å². The number of rotatable bonds is 7. The molecule has 16 heavy (non-hydrogen) atoms. The van der Waals surface area contributed by atoms with Crippen LogP contribution in [0.25, 0.3) is 0 Å². The summed E-state index contributed by atoms with van der Waals surface area (Å²) in [6.45, 7) is 1.30. The average Bonchev–Trinajstić information content (AvgIpc) is 2.25. The van der Waals surface area contributed by atoms with Gasteiger partial charge in [0.1, 0.15) is 5.75 Å². The van der Waals surface area contributed by atoms with Crippen LogP contribution in [0.1, 0.15) is 12.8 Å². The zero-order valence-corrected chi connectivity index (χ0v) is 11.1. The number of methoxy groups -OCH3 is 1. The molecule has 1 aromatic carbocycles. The molecule has 1 rings (SSSR count). The van der Waals surface area contributed by atoms with Gasteiger partial charge in [-0.25, -0.2) is 0 Å². The Bertz CT molecular complexity index is 307. The van der Waals surface area contributed by atoms with E-state index in [0.717, 1.165) is 23.1 Å². The lowest BCUT2D eigenvalue weighted by atomic mass is 10.2.